The zero-order valence-corrected chi connectivity index (χ0v) is 17.1. The molecule has 6 nitrogen and oxygen atoms in total. The first-order valence-electron chi connectivity index (χ1n) is 10.3. The summed E-state index contributed by atoms with van der Waals surface area (Å²) in [4.78, 5) is 27.3. The van der Waals surface area contributed by atoms with E-state index in [2.05, 4.69) is 16.0 Å². The standard InChI is InChI=1S/C21H30N4O2.ClH/c26-19(21-11-5-4-6-16(21)14-22-15-21)23-18-9-12-25(13-10-18)20(27)24-17-7-2-1-3-8-17;/h1-3,7-8,16,18,22H,4-6,9-15H2,(H,23,26)(H,24,27);1H/t16-,21+;/m0./s1. The Kier molecular flexibility index (Phi) is 6.83. The molecule has 0 unspecified atom stereocenters. The second-order valence-corrected chi connectivity index (χ2v) is 8.26. The minimum absolute atomic E-state index is 0. The minimum atomic E-state index is -0.194. The van der Waals surface area contributed by atoms with Crippen molar-refractivity contribution in [2.75, 3.05) is 31.5 Å². The topological polar surface area (TPSA) is 73.5 Å². The van der Waals surface area contributed by atoms with Crippen LogP contribution < -0.4 is 16.0 Å². The van der Waals surface area contributed by atoms with E-state index in [-0.39, 0.29) is 35.8 Å². The largest absolute Gasteiger partial charge is 0.353 e. The van der Waals surface area contributed by atoms with Crippen LogP contribution in [-0.2, 0) is 4.79 Å². The molecule has 2 aliphatic heterocycles. The number of amides is 3. The summed E-state index contributed by atoms with van der Waals surface area (Å²) in [5.41, 5.74) is 0.620. The maximum Gasteiger partial charge on any atom is 0.321 e. The van der Waals surface area contributed by atoms with Gasteiger partial charge in [0.25, 0.3) is 0 Å². The molecule has 1 saturated carbocycles. The van der Waals surface area contributed by atoms with Crippen LogP contribution in [0.25, 0.3) is 0 Å². The number of urea groups is 1. The lowest BCUT2D eigenvalue weighted by Crippen LogP contribution is -2.53. The molecule has 0 spiro atoms. The Morgan fingerprint density at radius 3 is 2.57 bits per heavy atom. The summed E-state index contributed by atoms with van der Waals surface area (Å²) >= 11 is 0. The fraction of sp³-hybridized carbons (Fsp3) is 0.619. The van der Waals surface area contributed by atoms with Gasteiger partial charge in [-0.25, -0.2) is 4.79 Å². The number of carbonyl (C=O) groups excluding carboxylic acids is 2. The second kappa shape index (κ2) is 9.14. The number of anilines is 1. The Morgan fingerprint density at radius 1 is 1.07 bits per heavy atom. The first-order valence-corrected chi connectivity index (χ1v) is 10.3. The average Bonchev–Trinajstić information content (AvgIpc) is 3.15. The highest BCUT2D eigenvalue weighted by molar-refractivity contribution is 5.89. The third-order valence-electron chi connectivity index (χ3n) is 6.63. The summed E-state index contributed by atoms with van der Waals surface area (Å²) in [7, 11) is 0. The Labute approximate surface area is 173 Å². The number of hydrogen-bond acceptors (Lipinski definition) is 3. The number of piperidine rings is 1. The zero-order chi connectivity index (χ0) is 18.7. The van der Waals surface area contributed by atoms with Gasteiger partial charge in [0.15, 0.2) is 0 Å². The van der Waals surface area contributed by atoms with Crippen LogP contribution in [-0.4, -0.2) is 49.1 Å². The molecule has 2 atom stereocenters. The molecular formula is C21H31ClN4O2. The van der Waals surface area contributed by atoms with Crippen molar-refractivity contribution in [1.82, 2.24) is 15.5 Å². The highest BCUT2D eigenvalue weighted by Gasteiger charge is 2.50. The highest BCUT2D eigenvalue weighted by Crippen LogP contribution is 2.44. The maximum absolute atomic E-state index is 13.1. The average molecular weight is 407 g/mol. The number of carbonyl (C=O) groups is 2. The normalized spacial score (nSPS) is 27.4. The smallest absolute Gasteiger partial charge is 0.321 e. The van der Waals surface area contributed by atoms with E-state index in [9.17, 15) is 9.59 Å². The van der Waals surface area contributed by atoms with Crippen molar-refractivity contribution in [2.45, 2.75) is 44.6 Å². The van der Waals surface area contributed by atoms with Crippen LogP contribution in [0.2, 0.25) is 0 Å². The number of hydrogen-bond donors (Lipinski definition) is 3. The molecule has 1 aliphatic carbocycles. The lowest BCUT2D eigenvalue weighted by Gasteiger charge is -2.39. The molecule has 1 aromatic carbocycles. The molecule has 3 aliphatic rings. The number of likely N-dealkylation sites (tertiary alicyclic amines) is 1. The van der Waals surface area contributed by atoms with Crippen molar-refractivity contribution in [1.29, 1.82) is 0 Å². The fourth-order valence-corrected chi connectivity index (χ4v) is 4.97. The maximum atomic E-state index is 13.1. The zero-order valence-electron chi connectivity index (χ0n) is 16.3. The van der Waals surface area contributed by atoms with E-state index in [0.29, 0.717) is 19.0 Å². The van der Waals surface area contributed by atoms with Gasteiger partial charge in [-0.1, -0.05) is 31.0 Å². The molecule has 2 saturated heterocycles. The van der Waals surface area contributed by atoms with E-state index in [1.54, 1.807) is 0 Å². The number of fused-ring (bicyclic) bond motifs is 1. The molecule has 0 aromatic heterocycles. The molecule has 0 radical (unpaired) electrons. The number of halogens is 1. The van der Waals surface area contributed by atoms with E-state index in [0.717, 1.165) is 44.5 Å². The van der Waals surface area contributed by atoms with Crippen LogP contribution in [0.5, 0.6) is 0 Å². The molecule has 7 heteroatoms. The van der Waals surface area contributed by atoms with Gasteiger partial charge < -0.3 is 20.9 Å². The van der Waals surface area contributed by atoms with E-state index in [1.165, 1.54) is 12.8 Å². The third-order valence-corrected chi connectivity index (χ3v) is 6.63. The van der Waals surface area contributed by atoms with E-state index in [1.807, 2.05) is 35.2 Å². The van der Waals surface area contributed by atoms with Crippen molar-refractivity contribution < 1.29 is 9.59 Å². The summed E-state index contributed by atoms with van der Waals surface area (Å²) in [5.74, 6) is 0.729. The monoisotopic (exact) mass is 406 g/mol. The molecule has 1 aromatic rings. The van der Waals surface area contributed by atoms with Gasteiger partial charge in [-0.05, 0) is 50.3 Å². The van der Waals surface area contributed by atoms with Crippen molar-refractivity contribution in [3.63, 3.8) is 0 Å². The summed E-state index contributed by atoms with van der Waals surface area (Å²) in [5, 5.41) is 9.71. The van der Waals surface area contributed by atoms with E-state index in [4.69, 9.17) is 0 Å². The van der Waals surface area contributed by atoms with Gasteiger partial charge in [-0.2, -0.15) is 0 Å². The van der Waals surface area contributed by atoms with Gasteiger partial charge >= 0.3 is 6.03 Å². The Morgan fingerprint density at radius 2 is 1.82 bits per heavy atom. The van der Waals surface area contributed by atoms with Gasteiger partial charge in [0.1, 0.15) is 0 Å². The van der Waals surface area contributed by atoms with Gasteiger partial charge in [0.05, 0.1) is 5.41 Å². The molecule has 4 rings (SSSR count). The van der Waals surface area contributed by atoms with Crippen LogP contribution in [0, 0.1) is 11.3 Å². The van der Waals surface area contributed by atoms with E-state index >= 15 is 0 Å². The quantitative estimate of drug-likeness (QED) is 0.722. The minimum Gasteiger partial charge on any atom is -0.353 e. The van der Waals surface area contributed by atoms with Crippen LogP contribution >= 0.6 is 12.4 Å². The number of para-hydroxylation sites is 1. The van der Waals surface area contributed by atoms with Gasteiger partial charge in [0, 0.05) is 31.4 Å². The lowest BCUT2D eigenvalue weighted by molar-refractivity contribution is -0.135. The van der Waals surface area contributed by atoms with Crippen LogP contribution in [0.1, 0.15) is 38.5 Å². The first-order chi connectivity index (χ1) is 13.2. The SMILES string of the molecule is Cl.O=C(Nc1ccccc1)N1CCC(NC(=O)[C@@]23CCCC[C@H]2CNC3)CC1. The number of nitrogens with one attached hydrogen (secondary N) is 3. The summed E-state index contributed by atoms with van der Waals surface area (Å²) in [6, 6.07) is 9.65. The van der Waals surface area contributed by atoms with Gasteiger partial charge in [-0.3, -0.25) is 4.79 Å². The third kappa shape index (κ3) is 4.28. The molecule has 154 valence electrons. The number of benzene rings is 1. The van der Waals surface area contributed by atoms with Crippen molar-refractivity contribution >= 4 is 30.0 Å². The Balaban J connectivity index is 0.00000225. The molecule has 28 heavy (non-hydrogen) atoms. The van der Waals surface area contributed by atoms with Crippen molar-refractivity contribution in [2.24, 2.45) is 11.3 Å². The summed E-state index contributed by atoms with van der Waals surface area (Å²) < 4.78 is 0. The molecule has 0 bridgehead atoms. The number of rotatable bonds is 3. The van der Waals surface area contributed by atoms with Crippen molar-refractivity contribution in [3.05, 3.63) is 30.3 Å². The second-order valence-electron chi connectivity index (χ2n) is 8.26. The molecule has 2 heterocycles. The summed E-state index contributed by atoms with van der Waals surface area (Å²) in [6.45, 7) is 3.16. The Bertz CT molecular complexity index is 678. The van der Waals surface area contributed by atoms with Crippen LogP contribution in [0.4, 0.5) is 10.5 Å². The predicted octanol–water partition coefficient (Wildman–Crippen LogP) is 3.00. The number of nitrogens with zero attached hydrogens (tertiary/aromatic N) is 1. The van der Waals surface area contributed by atoms with Crippen molar-refractivity contribution in [3.8, 4) is 0 Å². The van der Waals surface area contributed by atoms with Crippen LogP contribution in [0.15, 0.2) is 30.3 Å². The summed E-state index contributed by atoms with van der Waals surface area (Å²) in [6.07, 6.45) is 6.22. The van der Waals surface area contributed by atoms with Crippen LogP contribution in [0.3, 0.4) is 0 Å². The molecule has 3 fully saturated rings. The first kappa shape index (κ1) is 20.9. The molecule has 3 amide bonds. The molecular weight excluding hydrogens is 376 g/mol. The fourth-order valence-electron chi connectivity index (χ4n) is 4.97. The predicted molar refractivity (Wildman–Crippen MR) is 113 cm³/mol. The lowest BCUT2D eigenvalue weighted by atomic mass is 9.67. The van der Waals surface area contributed by atoms with Gasteiger partial charge in [-0.15, -0.1) is 12.4 Å². The van der Waals surface area contributed by atoms with E-state index < -0.39 is 0 Å². The molecule has 3 N–H and O–H groups in total. The van der Waals surface area contributed by atoms with Gasteiger partial charge in [0.2, 0.25) is 5.91 Å². The Hall–Kier alpha value is -1.79. The highest BCUT2D eigenvalue weighted by atomic mass is 35.5.